The molecule has 25 heavy (non-hydrogen) atoms. The van der Waals surface area contributed by atoms with Gasteiger partial charge in [0.25, 0.3) is 0 Å². The third-order valence-electron chi connectivity index (χ3n) is 3.75. The molecule has 2 aromatic carbocycles. The maximum atomic E-state index is 9.07. The van der Waals surface area contributed by atoms with Crippen molar-refractivity contribution in [2.45, 2.75) is 6.61 Å². The third-order valence-corrected chi connectivity index (χ3v) is 3.75. The van der Waals surface area contributed by atoms with E-state index in [2.05, 4.69) is 11.2 Å². The van der Waals surface area contributed by atoms with Gasteiger partial charge in [0.05, 0.1) is 30.7 Å². The molecule has 0 unspecified atom stereocenters. The topological polar surface area (TPSA) is 59.5 Å². The fraction of sp³-hybridized carbons (Fsp3) is 0.100. The van der Waals surface area contributed by atoms with Crippen LogP contribution in [0.1, 0.15) is 16.8 Å². The number of nitrogens with zero attached hydrogens (tertiary/aromatic N) is 3. The summed E-state index contributed by atoms with van der Waals surface area (Å²) < 4.78 is 7.17. The van der Waals surface area contributed by atoms with Crippen LogP contribution >= 0.6 is 0 Å². The van der Waals surface area contributed by atoms with Gasteiger partial charge in [-0.3, -0.25) is 0 Å². The summed E-state index contributed by atoms with van der Waals surface area (Å²) in [6.07, 6.45) is 3.60. The number of ether oxygens (including phenoxy) is 1. The number of methoxy groups -OCH3 is 1. The summed E-state index contributed by atoms with van der Waals surface area (Å²) in [7, 11) is 1.64. The van der Waals surface area contributed by atoms with E-state index in [1.165, 1.54) is 0 Å². The third kappa shape index (κ3) is 3.88. The Bertz CT molecular complexity index is 905. The smallest absolute Gasteiger partial charge is 0.143 e. The highest BCUT2D eigenvalue weighted by atomic mass is 16.6. The zero-order valence-corrected chi connectivity index (χ0v) is 13.8. The lowest BCUT2D eigenvalue weighted by Gasteiger charge is -2.07. The van der Waals surface area contributed by atoms with Crippen molar-refractivity contribution in [2.75, 3.05) is 7.11 Å². The molecule has 0 aliphatic carbocycles. The lowest BCUT2D eigenvalue weighted by atomic mass is 10.1. The number of benzene rings is 2. The Morgan fingerprint density at radius 1 is 1.08 bits per heavy atom. The Hall–Kier alpha value is -3.52. The fourth-order valence-electron chi connectivity index (χ4n) is 2.43. The first-order valence-corrected chi connectivity index (χ1v) is 7.77. The highest BCUT2D eigenvalue weighted by molar-refractivity contribution is 5.78. The summed E-state index contributed by atoms with van der Waals surface area (Å²) >= 11 is 0. The van der Waals surface area contributed by atoms with Gasteiger partial charge in [0.1, 0.15) is 12.4 Å². The molecule has 3 aromatic rings. The quantitative estimate of drug-likeness (QED) is 0.508. The van der Waals surface area contributed by atoms with Crippen molar-refractivity contribution in [1.82, 2.24) is 4.57 Å². The predicted molar refractivity (Wildman–Crippen MR) is 95.9 cm³/mol. The summed E-state index contributed by atoms with van der Waals surface area (Å²) in [5.74, 6) is 0.811. The molecule has 0 atom stereocenters. The Morgan fingerprint density at radius 2 is 1.88 bits per heavy atom. The first kappa shape index (κ1) is 16.3. The molecule has 0 bridgehead atoms. The van der Waals surface area contributed by atoms with Gasteiger partial charge in [-0.15, -0.1) is 0 Å². The largest absolute Gasteiger partial charge is 0.497 e. The lowest BCUT2D eigenvalue weighted by Crippen LogP contribution is -1.98. The second-order valence-corrected chi connectivity index (χ2v) is 5.28. The molecule has 0 spiro atoms. The number of hydrogen-bond acceptors (Lipinski definition) is 4. The number of nitriles is 1. The van der Waals surface area contributed by atoms with Gasteiger partial charge in [-0.1, -0.05) is 23.4 Å². The highest BCUT2D eigenvalue weighted by Crippen LogP contribution is 2.16. The fourth-order valence-corrected chi connectivity index (χ4v) is 2.43. The number of oxime groups is 1. The van der Waals surface area contributed by atoms with Crippen LogP contribution in [-0.2, 0) is 11.4 Å². The van der Waals surface area contributed by atoms with Crippen LogP contribution in [0.4, 0.5) is 0 Å². The van der Waals surface area contributed by atoms with E-state index in [4.69, 9.17) is 14.8 Å². The Balaban J connectivity index is 1.68. The molecule has 124 valence electrons. The van der Waals surface area contributed by atoms with Crippen molar-refractivity contribution < 1.29 is 9.57 Å². The minimum Gasteiger partial charge on any atom is -0.497 e. The molecular weight excluding hydrogens is 314 g/mol. The first-order valence-electron chi connectivity index (χ1n) is 7.77. The van der Waals surface area contributed by atoms with E-state index in [9.17, 15) is 0 Å². The maximum Gasteiger partial charge on any atom is 0.143 e. The van der Waals surface area contributed by atoms with Crippen molar-refractivity contribution in [3.05, 3.63) is 83.7 Å². The zero-order chi connectivity index (χ0) is 17.5. The minimum absolute atomic E-state index is 0.253. The lowest BCUT2D eigenvalue weighted by molar-refractivity contribution is 0.132. The highest BCUT2D eigenvalue weighted by Gasteiger charge is 2.03. The van der Waals surface area contributed by atoms with E-state index in [-0.39, 0.29) is 6.61 Å². The molecule has 0 radical (unpaired) electrons. The second-order valence-electron chi connectivity index (χ2n) is 5.28. The molecule has 0 aliphatic heterocycles. The van der Waals surface area contributed by atoms with Crippen LogP contribution in [0.15, 0.2) is 72.0 Å². The molecule has 0 saturated heterocycles. The molecule has 0 fully saturated rings. The van der Waals surface area contributed by atoms with Crippen molar-refractivity contribution in [2.24, 2.45) is 5.16 Å². The molecule has 1 aromatic heterocycles. The predicted octanol–water partition coefficient (Wildman–Crippen LogP) is 3.91. The molecule has 3 rings (SSSR count). The van der Waals surface area contributed by atoms with Crippen LogP contribution in [0.2, 0.25) is 0 Å². The van der Waals surface area contributed by atoms with Gasteiger partial charge >= 0.3 is 0 Å². The molecule has 1 heterocycles. The average Bonchev–Trinajstić information content (AvgIpc) is 3.14. The van der Waals surface area contributed by atoms with Crippen LogP contribution in [-0.4, -0.2) is 17.9 Å². The standard InChI is InChI=1S/C20H17N3O2/c1-24-20-10-8-18(9-11-20)23-12-4-7-19(23)14-22-25-15-17-6-3-2-5-16(17)13-21/h2-12,14H,15H2,1H3/b22-14-. The van der Waals surface area contributed by atoms with Gasteiger partial charge in [0.15, 0.2) is 0 Å². The van der Waals surface area contributed by atoms with E-state index >= 15 is 0 Å². The normalized spacial score (nSPS) is 10.6. The van der Waals surface area contributed by atoms with Gasteiger partial charge in [-0.25, -0.2) is 0 Å². The van der Waals surface area contributed by atoms with Gasteiger partial charge in [-0.05, 0) is 42.5 Å². The Morgan fingerprint density at radius 3 is 2.64 bits per heavy atom. The van der Waals surface area contributed by atoms with Crippen LogP contribution < -0.4 is 4.74 Å². The van der Waals surface area contributed by atoms with E-state index in [0.29, 0.717) is 5.56 Å². The van der Waals surface area contributed by atoms with E-state index in [1.807, 2.05) is 65.4 Å². The van der Waals surface area contributed by atoms with Gasteiger partial charge < -0.3 is 14.1 Å². The van der Waals surface area contributed by atoms with Gasteiger partial charge in [-0.2, -0.15) is 5.26 Å². The Labute approximate surface area is 146 Å². The SMILES string of the molecule is COc1ccc(-n2cccc2/C=N\OCc2ccccc2C#N)cc1. The first-order chi connectivity index (χ1) is 12.3. The summed E-state index contributed by atoms with van der Waals surface area (Å²) in [6, 6.07) is 21.1. The van der Waals surface area contributed by atoms with Crippen LogP contribution in [0.25, 0.3) is 5.69 Å². The van der Waals surface area contributed by atoms with Crippen molar-refractivity contribution in [1.29, 1.82) is 5.26 Å². The Kier molecular flexibility index (Phi) is 5.13. The van der Waals surface area contributed by atoms with Crippen LogP contribution in [0.5, 0.6) is 5.75 Å². The van der Waals surface area contributed by atoms with Crippen molar-refractivity contribution in [3.8, 4) is 17.5 Å². The van der Waals surface area contributed by atoms with E-state index in [1.54, 1.807) is 19.4 Å². The van der Waals surface area contributed by atoms with Crippen LogP contribution in [0.3, 0.4) is 0 Å². The second kappa shape index (κ2) is 7.84. The molecule has 0 amide bonds. The monoisotopic (exact) mass is 331 g/mol. The van der Waals surface area contributed by atoms with Crippen molar-refractivity contribution in [3.63, 3.8) is 0 Å². The molecule has 0 N–H and O–H groups in total. The average molecular weight is 331 g/mol. The van der Waals surface area contributed by atoms with Crippen LogP contribution in [0, 0.1) is 11.3 Å². The maximum absolute atomic E-state index is 9.07. The number of aromatic nitrogens is 1. The molecule has 5 nitrogen and oxygen atoms in total. The summed E-state index contributed by atoms with van der Waals surface area (Å²) in [4.78, 5) is 5.35. The van der Waals surface area contributed by atoms with E-state index < -0.39 is 0 Å². The molecular formula is C20H17N3O2. The number of hydrogen-bond donors (Lipinski definition) is 0. The van der Waals surface area contributed by atoms with Gasteiger partial charge in [0.2, 0.25) is 0 Å². The minimum atomic E-state index is 0.253. The van der Waals surface area contributed by atoms with E-state index in [0.717, 1.165) is 22.7 Å². The molecule has 0 saturated carbocycles. The summed E-state index contributed by atoms with van der Waals surface area (Å²) in [5, 5.41) is 13.1. The molecule has 5 heteroatoms. The number of rotatable bonds is 6. The molecule has 0 aliphatic rings. The summed E-state index contributed by atoms with van der Waals surface area (Å²) in [5.41, 5.74) is 3.30. The van der Waals surface area contributed by atoms with Gasteiger partial charge in [0, 0.05) is 17.4 Å². The summed E-state index contributed by atoms with van der Waals surface area (Å²) in [6.45, 7) is 0.253. The van der Waals surface area contributed by atoms with Crippen molar-refractivity contribution >= 4 is 6.21 Å². The zero-order valence-electron chi connectivity index (χ0n) is 13.8.